The standard InChI is InChI=1S/C36H33N5O2S2/c1-26-16-18-30(19-17-26)41-34(29-14-9-15-31(22-29)43-2)38-39-36(41)45-25-33-37-32(24-44-33)35(42)40(23-28-12-7-4-8-13-28)21-20-27-10-5-3-6-11-27/h3-19,22,24H,20-21,23,25H2,1-2H3. The number of aromatic nitrogens is 4. The Labute approximate surface area is 271 Å². The molecule has 9 heteroatoms. The number of methoxy groups -OCH3 is 1. The first-order valence-corrected chi connectivity index (χ1v) is 16.5. The molecule has 226 valence electrons. The van der Waals surface area contributed by atoms with E-state index in [-0.39, 0.29) is 5.91 Å². The van der Waals surface area contributed by atoms with Crippen molar-refractivity contribution in [1.29, 1.82) is 0 Å². The van der Waals surface area contributed by atoms with E-state index in [9.17, 15) is 4.79 Å². The summed E-state index contributed by atoms with van der Waals surface area (Å²) in [6.45, 7) is 3.20. The van der Waals surface area contributed by atoms with Gasteiger partial charge in [0.1, 0.15) is 16.5 Å². The highest BCUT2D eigenvalue weighted by Gasteiger charge is 2.21. The topological polar surface area (TPSA) is 73.1 Å². The zero-order valence-electron chi connectivity index (χ0n) is 25.2. The lowest BCUT2D eigenvalue weighted by Crippen LogP contribution is -2.32. The number of nitrogens with zero attached hydrogens (tertiary/aromatic N) is 5. The molecule has 0 bridgehead atoms. The Balaban J connectivity index is 1.21. The number of thioether (sulfide) groups is 1. The second kappa shape index (κ2) is 14.4. The maximum atomic E-state index is 13.8. The van der Waals surface area contributed by atoms with E-state index >= 15 is 0 Å². The Kier molecular flexibility index (Phi) is 9.68. The van der Waals surface area contributed by atoms with Crippen LogP contribution < -0.4 is 4.74 Å². The molecule has 0 saturated carbocycles. The van der Waals surface area contributed by atoms with Crippen molar-refractivity contribution in [2.75, 3.05) is 13.7 Å². The van der Waals surface area contributed by atoms with Crippen LogP contribution >= 0.6 is 23.1 Å². The third-order valence-electron chi connectivity index (χ3n) is 7.37. The van der Waals surface area contributed by atoms with Gasteiger partial charge in [0.2, 0.25) is 0 Å². The molecule has 0 saturated heterocycles. The van der Waals surface area contributed by atoms with Gasteiger partial charge in [-0.25, -0.2) is 4.98 Å². The van der Waals surface area contributed by atoms with Gasteiger partial charge in [0.15, 0.2) is 11.0 Å². The third kappa shape index (κ3) is 7.50. The van der Waals surface area contributed by atoms with Gasteiger partial charge in [-0.3, -0.25) is 9.36 Å². The average Bonchev–Trinajstić information content (AvgIpc) is 3.74. The number of thiazole rings is 1. The summed E-state index contributed by atoms with van der Waals surface area (Å²) in [5, 5.41) is 12.6. The molecule has 1 amide bonds. The van der Waals surface area contributed by atoms with Gasteiger partial charge in [-0.2, -0.15) is 0 Å². The second-order valence-corrected chi connectivity index (χ2v) is 12.5. The average molecular weight is 632 g/mol. The molecule has 45 heavy (non-hydrogen) atoms. The minimum atomic E-state index is -0.0644. The van der Waals surface area contributed by atoms with Crippen LogP contribution in [0.2, 0.25) is 0 Å². The van der Waals surface area contributed by atoms with Gasteiger partial charge < -0.3 is 9.64 Å². The van der Waals surface area contributed by atoms with Crippen molar-refractivity contribution in [3.8, 4) is 22.8 Å². The highest BCUT2D eigenvalue weighted by molar-refractivity contribution is 7.98. The Bertz CT molecular complexity index is 1850. The number of aryl methyl sites for hydroxylation is 1. The van der Waals surface area contributed by atoms with Gasteiger partial charge in [0.25, 0.3) is 5.91 Å². The van der Waals surface area contributed by atoms with Crippen LogP contribution in [0.3, 0.4) is 0 Å². The number of hydrogen-bond donors (Lipinski definition) is 0. The van der Waals surface area contributed by atoms with Crippen molar-refractivity contribution in [3.05, 3.63) is 142 Å². The molecule has 6 aromatic rings. The zero-order valence-corrected chi connectivity index (χ0v) is 26.8. The van der Waals surface area contributed by atoms with Crippen molar-refractivity contribution >= 4 is 29.0 Å². The van der Waals surface area contributed by atoms with E-state index in [1.165, 1.54) is 22.5 Å². The van der Waals surface area contributed by atoms with Crippen molar-refractivity contribution in [1.82, 2.24) is 24.6 Å². The van der Waals surface area contributed by atoms with Gasteiger partial charge in [0.05, 0.1) is 12.9 Å². The predicted octanol–water partition coefficient (Wildman–Crippen LogP) is 7.89. The zero-order chi connectivity index (χ0) is 31.0. The van der Waals surface area contributed by atoms with E-state index in [1.54, 1.807) is 18.9 Å². The smallest absolute Gasteiger partial charge is 0.273 e. The summed E-state index contributed by atoms with van der Waals surface area (Å²) in [4.78, 5) is 20.4. The van der Waals surface area contributed by atoms with E-state index in [0.29, 0.717) is 24.5 Å². The van der Waals surface area contributed by atoms with Crippen molar-refractivity contribution in [2.24, 2.45) is 0 Å². The van der Waals surface area contributed by atoms with Crippen LogP contribution in [-0.4, -0.2) is 44.2 Å². The first-order chi connectivity index (χ1) is 22.1. The summed E-state index contributed by atoms with van der Waals surface area (Å²) in [7, 11) is 1.66. The van der Waals surface area contributed by atoms with E-state index < -0.39 is 0 Å². The number of benzene rings is 4. The monoisotopic (exact) mass is 631 g/mol. The molecule has 0 N–H and O–H groups in total. The van der Waals surface area contributed by atoms with Gasteiger partial charge in [-0.1, -0.05) is 102 Å². The molecule has 6 rings (SSSR count). The van der Waals surface area contributed by atoms with Crippen LogP contribution in [0.4, 0.5) is 0 Å². The lowest BCUT2D eigenvalue weighted by molar-refractivity contribution is 0.0740. The third-order valence-corrected chi connectivity index (χ3v) is 9.34. The van der Waals surface area contributed by atoms with Crippen molar-refractivity contribution in [2.45, 2.75) is 30.8 Å². The Hall–Kier alpha value is -4.73. The predicted molar refractivity (Wildman–Crippen MR) is 181 cm³/mol. The Morgan fingerprint density at radius 3 is 2.36 bits per heavy atom. The number of hydrogen-bond acceptors (Lipinski definition) is 7. The van der Waals surface area contributed by atoms with Gasteiger partial charge in [0, 0.05) is 29.7 Å². The SMILES string of the molecule is COc1cccc(-c2nnc(SCc3nc(C(=O)N(CCc4ccccc4)Cc4ccccc4)cs3)n2-c2ccc(C)cc2)c1. The highest BCUT2D eigenvalue weighted by Crippen LogP contribution is 2.32. The van der Waals surface area contributed by atoms with E-state index in [1.807, 2.05) is 70.9 Å². The number of carbonyl (C=O) groups is 1. The summed E-state index contributed by atoms with van der Waals surface area (Å²) < 4.78 is 7.52. The molecule has 0 aliphatic carbocycles. The Morgan fingerprint density at radius 2 is 1.62 bits per heavy atom. The number of ether oxygens (including phenoxy) is 1. The molecule has 0 aliphatic heterocycles. The molecule has 2 aromatic heterocycles. The minimum absolute atomic E-state index is 0.0644. The molecule has 4 aromatic carbocycles. The number of rotatable bonds is 12. The van der Waals surface area contributed by atoms with Gasteiger partial charge in [-0.05, 0) is 48.7 Å². The summed E-state index contributed by atoms with van der Waals surface area (Å²) in [5.41, 5.74) is 5.81. The second-order valence-electron chi connectivity index (χ2n) is 10.6. The number of carbonyl (C=O) groups excluding carboxylic acids is 1. The molecule has 0 fully saturated rings. The lowest BCUT2D eigenvalue weighted by atomic mass is 10.1. The molecule has 0 radical (unpaired) electrons. The number of amides is 1. The molecule has 0 spiro atoms. The van der Waals surface area contributed by atoms with Crippen LogP contribution in [0, 0.1) is 6.92 Å². The first kappa shape index (κ1) is 30.3. The molecular weight excluding hydrogens is 599 g/mol. The summed E-state index contributed by atoms with van der Waals surface area (Å²) >= 11 is 3.04. The van der Waals surface area contributed by atoms with Crippen LogP contribution in [0.1, 0.15) is 32.2 Å². The molecule has 0 unspecified atom stereocenters. The fourth-order valence-corrected chi connectivity index (χ4v) is 6.71. The lowest BCUT2D eigenvalue weighted by Gasteiger charge is -2.22. The van der Waals surface area contributed by atoms with Crippen molar-refractivity contribution < 1.29 is 9.53 Å². The Morgan fingerprint density at radius 1 is 0.889 bits per heavy atom. The highest BCUT2D eigenvalue weighted by atomic mass is 32.2. The normalized spacial score (nSPS) is 11.0. The molecule has 0 aliphatic rings. The largest absolute Gasteiger partial charge is 0.497 e. The maximum Gasteiger partial charge on any atom is 0.273 e. The quantitative estimate of drug-likeness (QED) is 0.128. The summed E-state index contributed by atoms with van der Waals surface area (Å²) in [6, 6.07) is 36.5. The molecule has 2 heterocycles. The van der Waals surface area contributed by atoms with Gasteiger partial charge >= 0.3 is 0 Å². The van der Waals surface area contributed by atoms with Crippen LogP contribution in [0.15, 0.2) is 120 Å². The fraction of sp³-hybridized carbons (Fsp3) is 0.167. The van der Waals surface area contributed by atoms with E-state index in [2.05, 4.69) is 70.2 Å². The van der Waals surface area contributed by atoms with Crippen LogP contribution in [-0.2, 0) is 18.7 Å². The van der Waals surface area contributed by atoms with Crippen molar-refractivity contribution in [3.63, 3.8) is 0 Å². The van der Waals surface area contributed by atoms with E-state index in [0.717, 1.165) is 45.0 Å². The van der Waals surface area contributed by atoms with Crippen LogP contribution in [0.5, 0.6) is 5.75 Å². The molecule has 7 nitrogen and oxygen atoms in total. The van der Waals surface area contributed by atoms with Gasteiger partial charge in [-0.15, -0.1) is 21.5 Å². The van der Waals surface area contributed by atoms with Crippen LogP contribution in [0.25, 0.3) is 17.1 Å². The minimum Gasteiger partial charge on any atom is -0.497 e. The molecule has 0 atom stereocenters. The maximum absolute atomic E-state index is 13.8. The fourth-order valence-electron chi connectivity index (χ4n) is 4.97. The first-order valence-electron chi connectivity index (χ1n) is 14.7. The molecular formula is C36H33N5O2S2. The van der Waals surface area contributed by atoms with E-state index in [4.69, 9.17) is 9.72 Å². The summed E-state index contributed by atoms with van der Waals surface area (Å²) in [6.07, 6.45) is 0.774. The summed E-state index contributed by atoms with van der Waals surface area (Å²) in [5.74, 6) is 1.98.